The average Bonchev–Trinajstić information content (AvgIpc) is 3.08. The molecular formula is C16H20N6. The highest BCUT2D eigenvalue weighted by Crippen LogP contribution is 2.19. The summed E-state index contributed by atoms with van der Waals surface area (Å²) >= 11 is 0. The van der Waals surface area contributed by atoms with Gasteiger partial charge in [-0.2, -0.15) is 0 Å². The standard InChI is InChI=1S/C16H20N6/c1-2-5-18-15(3-1)16-19-7-12-9-22(6-4-14(12)21-16)10-13-8-17-11-20-13/h7-8,11H,1-6,9-10H2,(H,17,20). The molecule has 0 saturated carbocycles. The summed E-state index contributed by atoms with van der Waals surface area (Å²) in [6, 6.07) is 0. The lowest BCUT2D eigenvalue weighted by Crippen LogP contribution is -2.31. The van der Waals surface area contributed by atoms with Gasteiger partial charge in [0.2, 0.25) is 0 Å². The second kappa shape index (κ2) is 5.96. The molecule has 0 aromatic carbocycles. The fourth-order valence-corrected chi connectivity index (χ4v) is 3.14. The lowest BCUT2D eigenvalue weighted by Gasteiger charge is -2.27. The van der Waals surface area contributed by atoms with Crippen molar-refractivity contribution in [2.45, 2.75) is 38.8 Å². The van der Waals surface area contributed by atoms with Gasteiger partial charge < -0.3 is 4.98 Å². The van der Waals surface area contributed by atoms with Crippen molar-refractivity contribution in [2.24, 2.45) is 4.99 Å². The number of rotatable bonds is 3. The minimum Gasteiger partial charge on any atom is -0.347 e. The van der Waals surface area contributed by atoms with E-state index >= 15 is 0 Å². The van der Waals surface area contributed by atoms with Crippen LogP contribution in [-0.4, -0.2) is 43.6 Å². The van der Waals surface area contributed by atoms with Crippen molar-refractivity contribution in [3.63, 3.8) is 0 Å². The number of aliphatic imine (C=N–C) groups is 1. The molecule has 6 heteroatoms. The van der Waals surface area contributed by atoms with Gasteiger partial charge in [-0.3, -0.25) is 9.89 Å². The largest absolute Gasteiger partial charge is 0.347 e. The van der Waals surface area contributed by atoms with E-state index in [9.17, 15) is 0 Å². The third-order valence-electron chi connectivity index (χ3n) is 4.34. The van der Waals surface area contributed by atoms with E-state index in [2.05, 4.69) is 24.8 Å². The van der Waals surface area contributed by atoms with Crippen LogP contribution >= 0.6 is 0 Å². The first-order chi connectivity index (χ1) is 10.9. The molecule has 114 valence electrons. The van der Waals surface area contributed by atoms with E-state index in [0.29, 0.717) is 0 Å². The molecule has 4 rings (SSSR count). The molecule has 0 aliphatic carbocycles. The molecular weight excluding hydrogens is 276 g/mol. The van der Waals surface area contributed by atoms with E-state index in [4.69, 9.17) is 4.98 Å². The first-order valence-corrected chi connectivity index (χ1v) is 7.96. The monoisotopic (exact) mass is 296 g/mol. The Kier molecular flexibility index (Phi) is 3.68. The molecule has 2 aliphatic rings. The molecule has 2 aromatic rings. The Labute approximate surface area is 129 Å². The molecule has 0 fully saturated rings. The minimum atomic E-state index is 0.848. The molecule has 0 atom stereocenters. The van der Waals surface area contributed by atoms with Crippen LogP contribution in [-0.2, 0) is 19.5 Å². The van der Waals surface area contributed by atoms with Crippen LogP contribution in [0.2, 0.25) is 0 Å². The lowest BCUT2D eigenvalue weighted by atomic mass is 10.1. The molecule has 2 aromatic heterocycles. The van der Waals surface area contributed by atoms with Gasteiger partial charge in [0, 0.05) is 56.3 Å². The van der Waals surface area contributed by atoms with Crippen LogP contribution in [0.1, 0.15) is 42.0 Å². The number of aromatic amines is 1. The van der Waals surface area contributed by atoms with Crippen LogP contribution in [0.25, 0.3) is 0 Å². The van der Waals surface area contributed by atoms with Crippen LogP contribution in [0, 0.1) is 0 Å². The molecule has 0 radical (unpaired) electrons. The second-order valence-electron chi connectivity index (χ2n) is 5.99. The van der Waals surface area contributed by atoms with Crippen LogP contribution in [0.4, 0.5) is 0 Å². The number of hydrogen-bond acceptors (Lipinski definition) is 5. The smallest absolute Gasteiger partial charge is 0.173 e. The topological polar surface area (TPSA) is 70.1 Å². The van der Waals surface area contributed by atoms with Gasteiger partial charge in [0.15, 0.2) is 5.82 Å². The molecule has 0 amide bonds. The molecule has 0 unspecified atom stereocenters. The number of aromatic nitrogens is 4. The molecule has 2 aliphatic heterocycles. The number of H-pyrrole nitrogens is 1. The third-order valence-corrected chi connectivity index (χ3v) is 4.34. The van der Waals surface area contributed by atoms with Crippen molar-refractivity contribution in [2.75, 3.05) is 13.1 Å². The zero-order valence-electron chi connectivity index (χ0n) is 12.6. The highest BCUT2D eigenvalue weighted by atomic mass is 15.1. The van der Waals surface area contributed by atoms with Crippen LogP contribution in [0.3, 0.4) is 0 Å². The Hall–Kier alpha value is -2.08. The van der Waals surface area contributed by atoms with E-state index in [-0.39, 0.29) is 0 Å². The molecule has 6 nitrogen and oxygen atoms in total. The highest BCUT2D eigenvalue weighted by Gasteiger charge is 2.20. The molecule has 0 spiro atoms. The molecule has 22 heavy (non-hydrogen) atoms. The van der Waals surface area contributed by atoms with Gasteiger partial charge in [-0.15, -0.1) is 0 Å². The summed E-state index contributed by atoms with van der Waals surface area (Å²) in [6.07, 6.45) is 10.0. The van der Waals surface area contributed by atoms with Crippen molar-refractivity contribution < 1.29 is 0 Å². The van der Waals surface area contributed by atoms with Crippen molar-refractivity contribution in [1.29, 1.82) is 0 Å². The van der Waals surface area contributed by atoms with Gasteiger partial charge >= 0.3 is 0 Å². The zero-order valence-corrected chi connectivity index (χ0v) is 12.6. The Morgan fingerprint density at radius 3 is 3.00 bits per heavy atom. The number of imidazole rings is 1. The number of nitrogens with zero attached hydrogens (tertiary/aromatic N) is 5. The predicted octanol–water partition coefficient (Wildman–Crippen LogP) is 1.73. The number of hydrogen-bond donors (Lipinski definition) is 1. The van der Waals surface area contributed by atoms with Crippen molar-refractivity contribution in [3.8, 4) is 0 Å². The maximum atomic E-state index is 4.78. The van der Waals surface area contributed by atoms with Crippen LogP contribution in [0.15, 0.2) is 23.7 Å². The van der Waals surface area contributed by atoms with Gasteiger partial charge in [-0.05, 0) is 19.3 Å². The predicted molar refractivity (Wildman–Crippen MR) is 83.7 cm³/mol. The van der Waals surface area contributed by atoms with Gasteiger partial charge in [0.25, 0.3) is 0 Å². The number of nitrogens with one attached hydrogen (secondary N) is 1. The van der Waals surface area contributed by atoms with Crippen molar-refractivity contribution in [3.05, 3.63) is 41.5 Å². The maximum Gasteiger partial charge on any atom is 0.173 e. The summed E-state index contributed by atoms with van der Waals surface area (Å²) < 4.78 is 0. The van der Waals surface area contributed by atoms with E-state index in [1.165, 1.54) is 24.1 Å². The van der Waals surface area contributed by atoms with Crippen LogP contribution in [0.5, 0.6) is 0 Å². The summed E-state index contributed by atoms with van der Waals surface area (Å²) in [5, 5.41) is 0. The summed E-state index contributed by atoms with van der Waals surface area (Å²) in [5.41, 5.74) is 4.68. The SMILES string of the molecule is c1ncc(CN2CCc3nc(C4=NCCCC4)ncc3C2)[nH]1. The van der Waals surface area contributed by atoms with Gasteiger partial charge in [-0.25, -0.2) is 15.0 Å². The summed E-state index contributed by atoms with van der Waals surface area (Å²) in [7, 11) is 0. The Morgan fingerprint density at radius 2 is 2.18 bits per heavy atom. The summed E-state index contributed by atoms with van der Waals surface area (Å²) in [4.78, 5) is 23.6. The van der Waals surface area contributed by atoms with E-state index in [0.717, 1.165) is 56.3 Å². The van der Waals surface area contributed by atoms with Gasteiger partial charge in [0.1, 0.15) is 0 Å². The maximum absolute atomic E-state index is 4.78. The zero-order chi connectivity index (χ0) is 14.8. The normalized spacial score (nSPS) is 18.8. The third kappa shape index (κ3) is 2.78. The Bertz CT molecular complexity index is 676. The summed E-state index contributed by atoms with van der Waals surface area (Å²) in [5.74, 6) is 0.848. The van der Waals surface area contributed by atoms with Gasteiger partial charge in [-0.1, -0.05) is 0 Å². The fraction of sp³-hybridized carbons (Fsp3) is 0.500. The average molecular weight is 296 g/mol. The van der Waals surface area contributed by atoms with Crippen molar-refractivity contribution in [1.82, 2.24) is 24.8 Å². The minimum absolute atomic E-state index is 0.848. The molecule has 4 heterocycles. The first-order valence-electron chi connectivity index (χ1n) is 7.96. The lowest BCUT2D eigenvalue weighted by molar-refractivity contribution is 0.240. The van der Waals surface area contributed by atoms with E-state index in [1.807, 2.05) is 12.4 Å². The van der Waals surface area contributed by atoms with Crippen molar-refractivity contribution >= 4 is 5.71 Å². The Balaban J connectivity index is 1.50. The van der Waals surface area contributed by atoms with Crippen LogP contribution < -0.4 is 0 Å². The molecule has 0 saturated heterocycles. The molecule has 1 N–H and O–H groups in total. The van der Waals surface area contributed by atoms with E-state index < -0.39 is 0 Å². The fourth-order valence-electron chi connectivity index (χ4n) is 3.14. The second-order valence-corrected chi connectivity index (χ2v) is 5.99. The molecule has 0 bridgehead atoms. The first kappa shape index (κ1) is 13.6. The van der Waals surface area contributed by atoms with Gasteiger partial charge in [0.05, 0.1) is 17.7 Å². The highest BCUT2D eigenvalue weighted by molar-refractivity contribution is 5.97. The van der Waals surface area contributed by atoms with E-state index in [1.54, 1.807) is 6.33 Å². The number of fused-ring (bicyclic) bond motifs is 1. The quantitative estimate of drug-likeness (QED) is 0.936. The summed E-state index contributed by atoms with van der Waals surface area (Å²) in [6.45, 7) is 3.75. The Morgan fingerprint density at radius 1 is 1.18 bits per heavy atom.